The van der Waals surface area contributed by atoms with Crippen LogP contribution in [-0.4, -0.2) is 43.9 Å². The summed E-state index contributed by atoms with van der Waals surface area (Å²) in [5, 5.41) is 5.76. The maximum Gasteiger partial charge on any atom is 0.320 e. The molecule has 0 aromatic heterocycles. The second kappa shape index (κ2) is 7.76. The lowest BCUT2D eigenvalue weighted by atomic mass is 10.1. The Morgan fingerprint density at radius 3 is 2.52 bits per heavy atom. The van der Waals surface area contributed by atoms with Crippen LogP contribution >= 0.6 is 0 Å². The number of hydrogen-bond acceptors (Lipinski definition) is 3. The van der Waals surface area contributed by atoms with Gasteiger partial charge in [-0.2, -0.15) is 0 Å². The molecule has 120 valence electrons. The van der Waals surface area contributed by atoms with Crippen LogP contribution in [0.1, 0.15) is 0 Å². The Kier molecular flexibility index (Phi) is 5.24. The van der Waals surface area contributed by atoms with Crippen molar-refractivity contribution in [1.29, 1.82) is 0 Å². The zero-order chi connectivity index (χ0) is 15.9. The van der Waals surface area contributed by atoms with Gasteiger partial charge >= 0.3 is 6.03 Å². The van der Waals surface area contributed by atoms with E-state index in [2.05, 4.69) is 27.7 Å². The number of nitrogens with zero attached hydrogens (tertiary/aromatic N) is 1. The minimum atomic E-state index is -0.193. The van der Waals surface area contributed by atoms with Crippen LogP contribution < -0.4 is 10.6 Å². The van der Waals surface area contributed by atoms with Crippen molar-refractivity contribution in [1.82, 2.24) is 10.2 Å². The highest BCUT2D eigenvalue weighted by atomic mass is 16.5. The Labute approximate surface area is 136 Å². The number of urea groups is 1. The minimum absolute atomic E-state index is 0.193. The van der Waals surface area contributed by atoms with Crippen molar-refractivity contribution >= 4 is 11.7 Å². The average Bonchev–Trinajstić information content (AvgIpc) is 2.62. The third kappa shape index (κ3) is 4.55. The average molecular weight is 311 g/mol. The highest BCUT2D eigenvalue weighted by Crippen LogP contribution is 2.22. The van der Waals surface area contributed by atoms with Gasteiger partial charge in [0.1, 0.15) is 0 Å². The molecule has 23 heavy (non-hydrogen) atoms. The fraction of sp³-hybridized carbons (Fsp3) is 0.278. The minimum Gasteiger partial charge on any atom is -0.379 e. The summed E-state index contributed by atoms with van der Waals surface area (Å²) in [4.78, 5) is 14.2. The molecule has 2 N–H and O–H groups in total. The fourth-order valence-corrected chi connectivity index (χ4v) is 2.53. The third-order valence-electron chi connectivity index (χ3n) is 3.79. The van der Waals surface area contributed by atoms with Crippen molar-refractivity contribution in [3.05, 3.63) is 54.6 Å². The molecule has 0 radical (unpaired) electrons. The fourth-order valence-electron chi connectivity index (χ4n) is 2.53. The number of benzene rings is 2. The lowest BCUT2D eigenvalue weighted by Crippen LogP contribution is -2.44. The first kappa shape index (κ1) is 15.5. The van der Waals surface area contributed by atoms with Crippen molar-refractivity contribution in [2.45, 2.75) is 0 Å². The molecule has 0 saturated carbocycles. The van der Waals surface area contributed by atoms with E-state index in [1.807, 2.05) is 42.5 Å². The van der Waals surface area contributed by atoms with Crippen LogP contribution in [0.3, 0.4) is 0 Å². The van der Waals surface area contributed by atoms with E-state index in [0.29, 0.717) is 6.67 Å². The van der Waals surface area contributed by atoms with Gasteiger partial charge in [0.15, 0.2) is 0 Å². The molecule has 1 saturated heterocycles. The first-order chi connectivity index (χ1) is 11.3. The number of carbonyl (C=O) groups is 1. The molecule has 0 unspecified atom stereocenters. The number of rotatable bonds is 4. The molecule has 5 nitrogen and oxygen atoms in total. The number of amides is 2. The summed E-state index contributed by atoms with van der Waals surface area (Å²) in [6, 6.07) is 17.8. The topological polar surface area (TPSA) is 53.6 Å². The summed E-state index contributed by atoms with van der Waals surface area (Å²) in [6.45, 7) is 3.69. The molecule has 1 aliphatic rings. The van der Waals surface area contributed by atoms with Gasteiger partial charge in [-0.25, -0.2) is 4.79 Å². The van der Waals surface area contributed by atoms with Crippen LogP contribution in [0.25, 0.3) is 11.1 Å². The van der Waals surface area contributed by atoms with Crippen molar-refractivity contribution < 1.29 is 9.53 Å². The lowest BCUT2D eigenvalue weighted by Gasteiger charge is -2.26. The largest absolute Gasteiger partial charge is 0.379 e. The molecule has 1 heterocycles. The van der Waals surface area contributed by atoms with Crippen LogP contribution in [-0.2, 0) is 4.74 Å². The molecule has 1 fully saturated rings. The molecule has 0 spiro atoms. The van der Waals surface area contributed by atoms with E-state index in [9.17, 15) is 4.79 Å². The number of hydrogen-bond donors (Lipinski definition) is 2. The molecule has 0 bridgehead atoms. The van der Waals surface area contributed by atoms with Crippen molar-refractivity contribution in [3.8, 4) is 11.1 Å². The van der Waals surface area contributed by atoms with Crippen LogP contribution in [0.4, 0.5) is 10.5 Å². The van der Waals surface area contributed by atoms with Crippen LogP contribution in [0.15, 0.2) is 54.6 Å². The Balaban J connectivity index is 1.56. The van der Waals surface area contributed by atoms with Gasteiger partial charge in [-0.3, -0.25) is 4.90 Å². The van der Waals surface area contributed by atoms with Gasteiger partial charge in [-0.1, -0.05) is 42.5 Å². The van der Waals surface area contributed by atoms with E-state index >= 15 is 0 Å². The van der Waals surface area contributed by atoms with Crippen molar-refractivity contribution in [2.24, 2.45) is 0 Å². The molecule has 2 aromatic rings. The summed E-state index contributed by atoms with van der Waals surface area (Å²) in [6.07, 6.45) is 0. The van der Waals surface area contributed by atoms with Gasteiger partial charge < -0.3 is 15.4 Å². The molecule has 2 aromatic carbocycles. The Morgan fingerprint density at radius 2 is 1.74 bits per heavy atom. The highest BCUT2D eigenvalue weighted by Gasteiger charge is 2.11. The maximum atomic E-state index is 12.0. The first-order valence-electron chi connectivity index (χ1n) is 7.82. The summed E-state index contributed by atoms with van der Waals surface area (Å²) < 4.78 is 5.29. The molecule has 0 atom stereocenters. The second-order valence-electron chi connectivity index (χ2n) is 5.47. The number of morpholine rings is 1. The smallest absolute Gasteiger partial charge is 0.320 e. The van der Waals surface area contributed by atoms with Crippen LogP contribution in [0.2, 0.25) is 0 Å². The predicted molar refractivity (Wildman–Crippen MR) is 91.3 cm³/mol. The van der Waals surface area contributed by atoms with E-state index in [-0.39, 0.29) is 6.03 Å². The van der Waals surface area contributed by atoms with E-state index in [0.717, 1.165) is 43.1 Å². The molecule has 0 aliphatic carbocycles. The van der Waals surface area contributed by atoms with E-state index in [1.165, 1.54) is 0 Å². The molecular weight excluding hydrogens is 290 g/mol. The zero-order valence-electron chi connectivity index (χ0n) is 13.0. The summed E-state index contributed by atoms with van der Waals surface area (Å²) in [5.74, 6) is 0. The van der Waals surface area contributed by atoms with Gasteiger partial charge in [-0.05, 0) is 23.3 Å². The molecule has 2 amide bonds. The highest BCUT2D eigenvalue weighted by molar-refractivity contribution is 5.90. The van der Waals surface area contributed by atoms with Gasteiger partial charge in [0.05, 0.1) is 19.9 Å². The number of carbonyl (C=O) groups excluding carboxylic acids is 1. The van der Waals surface area contributed by atoms with Gasteiger partial charge in [-0.15, -0.1) is 0 Å². The van der Waals surface area contributed by atoms with E-state index < -0.39 is 0 Å². The normalized spacial score (nSPS) is 15.1. The van der Waals surface area contributed by atoms with Gasteiger partial charge in [0, 0.05) is 18.8 Å². The summed E-state index contributed by atoms with van der Waals surface area (Å²) in [7, 11) is 0. The Hall–Kier alpha value is -2.37. The quantitative estimate of drug-likeness (QED) is 0.913. The number of nitrogens with one attached hydrogen (secondary N) is 2. The van der Waals surface area contributed by atoms with Crippen molar-refractivity contribution in [3.63, 3.8) is 0 Å². The third-order valence-corrected chi connectivity index (χ3v) is 3.79. The number of ether oxygens (including phenoxy) is 1. The predicted octanol–water partition coefficient (Wildman–Crippen LogP) is 2.76. The van der Waals surface area contributed by atoms with Gasteiger partial charge in [0.2, 0.25) is 0 Å². The van der Waals surface area contributed by atoms with Crippen molar-refractivity contribution in [2.75, 3.05) is 38.3 Å². The van der Waals surface area contributed by atoms with Crippen LogP contribution in [0.5, 0.6) is 0 Å². The van der Waals surface area contributed by atoms with Gasteiger partial charge in [0.25, 0.3) is 0 Å². The zero-order valence-corrected chi connectivity index (χ0v) is 13.0. The monoisotopic (exact) mass is 311 g/mol. The lowest BCUT2D eigenvalue weighted by molar-refractivity contribution is 0.0358. The van der Waals surface area contributed by atoms with Crippen LogP contribution in [0, 0.1) is 0 Å². The maximum absolute atomic E-state index is 12.0. The molecule has 5 heteroatoms. The van der Waals surface area contributed by atoms with E-state index in [4.69, 9.17) is 4.74 Å². The second-order valence-corrected chi connectivity index (χ2v) is 5.47. The molecule has 3 rings (SSSR count). The van der Waals surface area contributed by atoms with E-state index in [1.54, 1.807) is 0 Å². The Bertz CT molecular complexity index is 640. The number of anilines is 1. The Morgan fingerprint density at radius 1 is 1.00 bits per heavy atom. The standard InChI is InChI=1S/C18H21N3O2/c22-18(19-14-21-9-11-23-12-10-21)20-17-8-4-7-16(13-17)15-5-2-1-3-6-15/h1-8,13H,9-12,14H2,(H2,19,20,22). The SMILES string of the molecule is O=C(NCN1CCOCC1)Nc1cccc(-c2ccccc2)c1. The first-order valence-corrected chi connectivity index (χ1v) is 7.82. The molecular formula is C18H21N3O2. The molecule has 1 aliphatic heterocycles. The summed E-state index contributed by atoms with van der Waals surface area (Å²) in [5.41, 5.74) is 2.99. The summed E-state index contributed by atoms with van der Waals surface area (Å²) >= 11 is 0.